The number of aryl methyl sites for hydroxylation is 2. The van der Waals surface area contributed by atoms with Gasteiger partial charge in [0.1, 0.15) is 5.82 Å². The zero-order chi connectivity index (χ0) is 27.3. The average Bonchev–Trinajstić information content (AvgIpc) is 3.52. The molecule has 2 aliphatic rings. The van der Waals surface area contributed by atoms with Crippen LogP contribution in [0.3, 0.4) is 0 Å². The molecule has 0 N–H and O–H groups in total. The number of ether oxygens (including phenoxy) is 1. The van der Waals surface area contributed by atoms with E-state index in [1.807, 2.05) is 17.8 Å². The van der Waals surface area contributed by atoms with Gasteiger partial charge in [0.05, 0.1) is 34.7 Å². The first-order valence-corrected chi connectivity index (χ1v) is 15.4. The number of fused-ring (bicyclic) bond motifs is 1. The number of sulfonamides is 1. The van der Waals surface area contributed by atoms with E-state index in [-0.39, 0.29) is 11.9 Å². The summed E-state index contributed by atoms with van der Waals surface area (Å²) in [6, 6.07) is 10.4. The van der Waals surface area contributed by atoms with Crippen molar-refractivity contribution in [2.75, 3.05) is 33.3 Å². The van der Waals surface area contributed by atoms with Gasteiger partial charge < -0.3 is 4.74 Å². The largest absolute Gasteiger partial charge is 0.381 e. The third-order valence-electron chi connectivity index (χ3n) is 8.05. The third kappa shape index (κ3) is 5.02. The molecule has 0 bridgehead atoms. The number of nitrogens with zero attached hydrogens (tertiary/aromatic N) is 5. The van der Waals surface area contributed by atoms with Gasteiger partial charge in [-0.05, 0) is 80.1 Å². The number of methoxy groups -OCH3 is 1. The first-order valence-electron chi connectivity index (χ1n) is 13.2. The molecule has 39 heavy (non-hydrogen) atoms. The van der Waals surface area contributed by atoms with Crippen molar-refractivity contribution in [1.82, 2.24) is 24.0 Å². The number of thiazole rings is 1. The minimum absolute atomic E-state index is 0.0947. The molecule has 0 radical (unpaired) electrons. The van der Waals surface area contributed by atoms with Crippen LogP contribution < -0.4 is 0 Å². The molecule has 4 aromatic rings. The highest BCUT2D eigenvalue weighted by Crippen LogP contribution is 2.37. The molecule has 0 spiro atoms. The van der Waals surface area contributed by atoms with Crippen LogP contribution in [0.4, 0.5) is 4.39 Å². The Morgan fingerprint density at radius 2 is 1.87 bits per heavy atom. The van der Waals surface area contributed by atoms with Crippen molar-refractivity contribution in [1.29, 1.82) is 0 Å². The van der Waals surface area contributed by atoms with Gasteiger partial charge in [0, 0.05) is 44.7 Å². The van der Waals surface area contributed by atoms with E-state index in [0.717, 1.165) is 52.1 Å². The number of halogens is 1. The molecule has 2 fully saturated rings. The first kappa shape index (κ1) is 26.5. The number of aromatic nitrogens is 3. The van der Waals surface area contributed by atoms with E-state index in [9.17, 15) is 12.8 Å². The summed E-state index contributed by atoms with van der Waals surface area (Å²) in [5, 5.41) is 6.28. The van der Waals surface area contributed by atoms with E-state index in [4.69, 9.17) is 4.74 Å². The Kier molecular flexibility index (Phi) is 7.05. The second-order valence-electron chi connectivity index (χ2n) is 10.6. The molecule has 1 aliphatic heterocycles. The maximum Gasteiger partial charge on any atom is 0.254 e. The van der Waals surface area contributed by atoms with Crippen LogP contribution in [0.5, 0.6) is 0 Å². The Balaban J connectivity index is 1.35. The Bertz CT molecular complexity index is 1600. The maximum atomic E-state index is 13.6. The molecule has 3 heterocycles. The molecular formula is C28H32FN5O3S2. The van der Waals surface area contributed by atoms with Crippen LogP contribution in [0.2, 0.25) is 0 Å². The number of piperazine rings is 1. The monoisotopic (exact) mass is 569 g/mol. The Morgan fingerprint density at radius 1 is 1.10 bits per heavy atom. The summed E-state index contributed by atoms with van der Waals surface area (Å²) in [5.41, 5.74) is 3.88. The van der Waals surface area contributed by atoms with Crippen LogP contribution in [-0.4, -0.2) is 71.8 Å². The molecule has 1 saturated carbocycles. The lowest BCUT2D eigenvalue weighted by molar-refractivity contribution is -0.0216. The number of benzene rings is 2. The van der Waals surface area contributed by atoms with E-state index in [0.29, 0.717) is 35.9 Å². The van der Waals surface area contributed by atoms with Gasteiger partial charge in [-0.1, -0.05) is 0 Å². The normalized spacial score (nSPS) is 22.8. The van der Waals surface area contributed by atoms with E-state index < -0.39 is 10.0 Å². The smallest absolute Gasteiger partial charge is 0.254 e. The third-order valence-corrected chi connectivity index (χ3v) is 11.3. The lowest BCUT2D eigenvalue weighted by Gasteiger charge is -2.45. The fourth-order valence-corrected chi connectivity index (χ4v) is 8.51. The Hall–Kier alpha value is -2.70. The summed E-state index contributed by atoms with van der Waals surface area (Å²) in [4.78, 5) is 6.63. The first-order chi connectivity index (χ1) is 18.7. The molecular weight excluding hydrogens is 537 g/mol. The quantitative estimate of drug-likeness (QED) is 0.321. The molecule has 1 aliphatic carbocycles. The van der Waals surface area contributed by atoms with Gasteiger partial charge in [-0.25, -0.2) is 22.5 Å². The van der Waals surface area contributed by atoms with Crippen molar-refractivity contribution >= 4 is 32.3 Å². The van der Waals surface area contributed by atoms with Crippen molar-refractivity contribution in [2.24, 2.45) is 5.92 Å². The van der Waals surface area contributed by atoms with Crippen molar-refractivity contribution in [2.45, 2.75) is 43.0 Å². The Labute approximate surface area is 232 Å². The molecule has 1 saturated heterocycles. The van der Waals surface area contributed by atoms with Gasteiger partial charge in [-0.2, -0.15) is 9.40 Å². The van der Waals surface area contributed by atoms with Crippen LogP contribution in [0.15, 0.2) is 53.0 Å². The lowest BCUT2D eigenvalue weighted by Crippen LogP contribution is -2.52. The van der Waals surface area contributed by atoms with Gasteiger partial charge in [-0.3, -0.25) is 4.90 Å². The van der Waals surface area contributed by atoms with Gasteiger partial charge in [-0.15, -0.1) is 11.3 Å². The second kappa shape index (κ2) is 10.4. The number of rotatable bonds is 7. The summed E-state index contributed by atoms with van der Waals surface area (Å²) in [6.07, 6.45) is 5.67. The number of hydrogen-bond donors (Lipinski definition) is 0. The molecule has 0 unspecified atom stereocenters. The minimum Gasteiger partial charge on any atom is -0.381 e. The van der Waals surface area contributed by atoms with Gasteiger partial charge in [0.2, 0.25) is 0 Å². The fourth-order valence-electron chi connectivity index (χ4n) is 5.81. The molecule has 6 rings (SSSR count). The highest BCUT2D eigenvalue weighted by molar-refractivity contribution is 7.91. The topological polar surface area (TPSA) is 80.6 Å². The van der Waals surface area contributed by atoms with E-state index >= 15 is 0 Å². The van der Waals surface area contributed by atoms with Crippen LogP contribution in [0.25, 0.3) is 16.6 Å². The SMILES string of the molecule is COC1CC(CN2CCN(S(=O)(=O)c3cnc(C)s3)C[C@@H]2c2cc3cnn(-c4ccc(F)cc4)c3cc2C)C1. The highest BCUT2D eigenvalue weighted by atomic mass is 32.2. The summed E-state index contributed by atoms with van der Waals surface area (Å²) in [7, 11) is -1.87. The summed E-state index contributed by atoms with van der Waals surface area (Å²) < 4.78 is 49.8. The molecule has 206 valence electrons. The zero-order valence-electron chi connectivity index (χ0n) is 22.2. The highest BCUT2D eigenvalue weighted by Gasteiger charge is 2.39. The summed E-state index contributed by atoms with van der Waals surface area (Å²) >= 11 is 1.22. The minimum atomic E-state index is -3.63. The molecule has 2 aromatic carbocycles. The van der Waals surface area contributed by atoms with Crippen molar-refractivity contribution in [3.05, 3.63) is 70.7 Å². The standard InChI is InChI=1S/C28H32FN5O3S2/c1-18-10-26-21(14-31-34(26)23-6-4-22(29)5-7-23)13-25(18)27-17-33(39(35,36)28-15-30-19(2)38-28)9-8-32(27)16-20-11-24(12-20)37-3/h4-7,10,13-15,20,24,27H,8-9,11-12,16-17H2,1-3H3/t20?,24?,27-/m1/s1. The van der Waals surface area contributed by atoms with Gasteiger partial charge in [0.15, 0.2) is 4.21 Å². The van der Waals surface area contributed by atoms with E-state index in [1.54, 1.807) is 23.5 Å². The molecule has 1 atom stereocenters. The van der Waals surface area contributed by atoms with E-state index in [1.165, 1.54) is 29.7 Å². The van der Waals surface area contributed by atoms with Gasteiger partial charge in [0.25, 0.3) is 10.0 Å². The number of hydrogen-bond acceptors (Lipinski definition) is 7. The van der Waals surface area contributed by atoms with Crippen molar-refractivity contribution in [3.8, 4) is 5.69 Å². The molecule has 8 nitrogen and oxygen atoms in total. The van der Waals surface area contributed by atoms with Crippen LogP contribution >= 0.6 is 11.3 Å². The van der Waals surface area contributed by atoms with E-state index in [2.05, 4.69) is 34.0 Å². The second-order valence-corrected chi connectivity index (χ2v) is 14.0. The van der Waals surface area contributed by atoms with Crippen LogP contribution in [0.1, 0.15) is 35.0 Å². The fraction of sp³-hybridized carbons (Fsp3) is 0.429. The van der Waals surface area contributed by atoms with Crippen LogP contribution in [0, 0.1) is 25.6 Å². The maximum absolute atomic E-state index is 13.6. The molecule has 0 amide bonds. The zero-order valence-corrected chi connectivity index (χ0v) is 23.9. The summed E-state index contributed by atoms with van der Waals surface area (Å²) in [5.74, 6) is 0.248. The molecule has 2 aromatic heterocycles. The Morgan fingerprint density at radius 3 is 2.56 bits per heavy atom. The lowest BCUT2D eigenvalue weighted by atomic mass is 9.81. The predicted molar refractivity (Wildman–Crippen MR) is 149 cm³/mol. The van der Waals surface area contributed by atoms with Crippen molar-refractivity contribution in [3.63, 3.8) is 0 Å². The molecule has 11 heteroatoms. The van der Waals surface area contributed by atoms with Crippen molar-refractivity contribution < 1.29 is 17.5 Å². The average molecular weight is 570 g/mol. The van der Waals surface area contributed by atoms with Gasteiger partial charge >= 0.3 is 0 Å². The summed E-state index contributed by atoms with van der Waals surface area (Å²) in [6.45, 7) is 6.27. The van der Waals surface area contributed by atoms with Crippen LogP contribution in [-0.2, 0) is 14.8 Å². The predicted octanol–water partition coefficient (Wildman–Crippen LogP) is 4.71.